The first-order valence-corrected chi connectivity index (χ1v) is 13.2. The zero-order valence-corrected chi connectivity index (χ0v) is 21.7. The van der Waals surface area contributed by atoms with Crippen LogP contribution in [0.15, 0.2) is 51.9 Å². The standard InChI is InChI=1S/C25H33N5O4S/c1-6-18-9-11-19(12-10-18)25-27-24(34-28-25)16-15-23(31)26-21-17-20(13-14-22(21)29(4)5)35(32,33)30(7-2)8-3/h9-14,17H,6-8,15-16H2,1-5H3,(H,26,31). The molecule has 1 aromatic heterocycles. The summed E-state index contributed by atoms with van der Waals surface area (Å²) in [7, 11) is 0.00471. The van der Waals surface area contributed by atoms with E-state index >= 15 is 0 Å². The molecule has 0 aliphatic rings. The van der Waals surface area contributed by atoms with Crippen LogP contribution in [0.5, 0.6) is 0 Å². The molecule has 0 saturated heterocycles. The maximum atomic E-state index is 13.0. The Morgan fingerprint density at radius 3 is 2.31 bits per heavy atom. The Hall–Kier alpha value is -3.24. The van der Waals surface area contributed by atoms with E-state index < -0.39 is 10.0 Å². The van der Waals surface area contributed by atoms with Gasteiger partial charge in [0.05, 0.1) is 16.3 Å². The van der Waals surface area contributed by atoms with Crippen molar-refractivity contribution in [2.24, 2.45) is 0 Å². The summed E-state index contributed by atoms with van der Waals surface area (Å²) in [5.74, 6) is 0.560. The van der Waals surface area contributed by atoms with Crippen LogP contribution in [-0.4, -0.2) is 56.0 Å². The minimum Gasteiger partial charge on any atom is -0.376 e. The first-order chi connectivity index (χ1) is 16.7. The average Bonchev–Trinajstić information content (AvgIpc) is 3.32. The lowest BCUT2D eigenvalue weighted by Crippen LogP contribution is -2.30. The highest BCUT2D eigenvalue weighted by Crippen LogP contribution is 2.29. The number of benzene rings is 2. The number of nitrogens with zero attached hydrogens (tertiary/aromatic N) is 4. The van der Waals surface area contributed by atoms with Crippen LogP contribution in [0.1, 0.15) is 38.6 Å². The van der Waals surface area contributed by atoms with Gasteiger partial charge in [-0.25, -0.2) is 8.42 Å². The summed E-state index contributed by atoms with van der Waals surface area (Å²) in [4.78, 5) is 19.1. The third-order valence-corrected chi connectivity index (χ3v) is 7.77. The number of anilines is 2. The molecule has 3 rings (SSSR count). The molecule has 9 nitrogen and oxygen atoms in total. The van der Waals surface area contributed by atoms with Gasteiger partial charge >= 0.3 is 0 Å². The fourth-order valence-electron chi connectivity index (χ4n) is 3.67. The number of nitrogens with one attached hydrogen (secondary N) is 1. The number of aromatic nitrogens is 2. The van der Waals surface area contributed by atoms with Crippen LogP contribution in [0, 0.1) is 0 Å². The molecule has 1 heterocycles. The molecule has 1 N–H and O–H groups in total. The quantitative estimate of drug-likeness (QED) is 0.425. The molecule has 2 aromatic carbocycles. The van der Waals surface area contributed by atoms with Crippen molar-refractivity contribution in [1.29, 1.82) is 0 Å². The van der Waals surface area contributed by atoms with Crippen molar-refractivity contribution in [3.8, 4) is 11.4 Å². The molecule has 3 aromatic rings. The zero-order valence-electron chi connectivity index (χ0n) is 20.9. The second kappa shape index (κ2) is 11.5. The molecule has 0 radical (unpaired) electrons. The smallest absolute Gasteiger partial charge is 0.243 e. The average molecular weight is 500 g/mol. The van der Waals surface area contributed by atoms with Crippen LogP contribution in [0.3, 0.4) is 0 Å². The molecule has 35 heavy (non-hydrogen) atoms. The van der Waals surface area contributed by atoms with E-state index in [9.17, 15) is 13.2 Å². The number of hydrogen-bond donors (Lipinski definition) is 1. The third kappa shape index (κ3) is 6.26. The molecule has 0 aliphatic carbocycles. The normalized spacial score (nSPS) is 11.6. The highest BCUT2D eigenvalue weighted by molar-refractivity contribution is 7.89. The summed E-state index contributed by atoms with van der Waals surface area (Å²) in [6, 6.07) is 12.7. The summed E-state index contributed by atoms with van der Waals surface area (Å²) in [6.07, 6.45) is 1.32. The fourth-order valence-corrected chi connectivity index (χ4v) is 5.16. The largest absolute Gasteiger partial charge is 0.376 e. The van der Waals surface area contributed by atoms with Crippen molar-refractivity contribution in [3.05, 3.63) is 53.9 Å². The van der Waals surface area contributed by atoms with E-state index in [0.717, 1.165) is 12.0 Å². The highest BCUT2D eigenvalue weighted by Gasteiger charge is 2.23. The number of aryl methyl sites for hydroxylation is 2. The Labute approximate surface area is 207 Å². The van der Waals surface area contributed by atoms with E-state index in [1.807, 2.05) is 43.3 Å². The minimum atomic E-state index is -3.66. The Bertz CT molecular complexity index is 1250. The molecule has 0 atom stereocenters. The second-order valence-corrected chi connectivity index (χ2v) is 10.2. The summed E-state index contributed by atoms with van der Waals surface area (Å²) >= 11 is 0. The van der Waals surface area contributed by atoms with Crippen molar-refractivity contribution in [1.82, 2.24) is 14.4 Å². The fraction of sp³-hybridized carbons (Fsp3) is 0.400. The number of carbonyl (C=O) groups is 1. The first-order valence-electron chi connectivity index (χ1n) is 11.7. The van der Waals surface area contributed by atoms with Crippen LogP contribution in [-0.2, 0) is 27.7 Å². The van der Waals surface area contributed by atoms with Crippen molar-refractivity contribution < 1.29 is 17.7 Å². The molecule has 0 bridgehead atoms. The van der Waals surface area contributed by atoms with Gasteiger partial charge in [0.2, 0.25) is 27.6 Å². The van der Waals surface area contributed by atoms with Crippen molar-refractivity contribution in [2.45, 2.75) is 44.9 Å². The van der Waals surface area contributed by atoms with Gasteiger partial charge in [-0.3, -0.25) is 4.79 Å². The van der Waals surface area contributed by atoms with Gasteiger partial charge in [-0.1, -0.05) is 50.2 Å². The van der Waals surface area contributed by atoms with Crippen molar-refractivity contribution in [2.75, 3.05) is 37.4 Å². The van der Waals surface area contributed by atoms with Crippen LogP contribution in [0.25, 0.3) is 11.4 Å². The Morgan fingerprint density at radius 2 is 1.71 bits per heavy atom. The van der Waals surface area contributed by atoms with E-state index in [2.05, 4.69) is 22.4 Å². The van der Waals surface area contributed by atoms with Gasteiger partial charge in [0.25, 0.3) is 0 Å². The molecule has 188 valence electrons. The molecule has 0 saturated carbocycles. The van der Waals surface area contributed by atoms with Crippen molar-refractivity contribution >= 4 is 27.3 Å². The van der Waals surface area contributed by atoms with Gasteiger partial charge in [-0.15, -0.1) is 0 Å². The topological polar surface area (TPSA) is 109 Å². The molecular formula is C25H33N5O4S. The van der Waals surface area contributed by atoms with Gasteiger partial charge in [-0.05, 0) is 30.2 Å². The summed E-state index contributed by atoms with van der Waals surface area (Å²) in [5, 5.41) is 6.86. The minimum absolute atomic E-state index is 0.107. The third-order valence-electron chi connectivity index (χ3n) is 5.72. The lowest BCUT2D eigenvalue weighted by Gasteiger charge is -2.22. The van der Waals surface area contributed by atoms with Crippen molar-refractivity contribution in [3.63, 3.8) is 0 Å². The maximum absolute atomic E-state index is 13.0. The van der Waals surface area contributed by atoms with Crippen LogP contribution in [0.4, 0.5) is 11.4 Å². The Morgan fingerprint density at radius 1 is 1.03 bits per heavy atom. The van der Waals surface area contributed by atoms with Crippen LogP contribution in [0.2, 0.25) is 0 Å². The zero-order chi connectivity index (χ0) is 25.6. The van der Waals surface area contributed by atoms with Gasteiger partial charge in [0.1, 0.15) is 0 Å². The van der Waals surface area contributed by atoms with Crippen LogP contribution >= 0.6 is 0 Å². The van der Waals surface area contributed by atoms with Gasteiger partial charge in [0, 0.05) is 45.6 Å². The number of hydrogen-bond acceptors (Lipinski definition) is 7. The second-order valence-electron chi connectivity index (χ2n) is 8.27. The number of sulfonamides is 1. The highest BCUT2D eigenvalue weighted by atomic mass is 32.2. The molecule has 0 spiro atoms. The summed E-state index contributed by atoms with van der Waals surface area (Å²) in [6.45, 7) is 6.41. The molecule has 10 heteroatoms. The number of carbonyl (C=O) groups excluding carboxylic acids is 1. The van der Waals surface area contributed by atoms with Crippen LogP contribution < -0.4 is 10.2 Å². The number of rotatable bonds is 11. The van der Waals surface area contributed by atoms with E-state index in [1.165, 1.54) is 15.9 Å². The van der Waals surface area contributed by atoms with E-state index in [0.29, 0.717) is 36.2 Å². The molecule has 0 unspecified atom stereocenters. The van der Waals surface area contributed by atoms with E-state index in [1.54, 1.807) is 26.0 Å². The van der Waals surface area contributed by atoms with Gasteiger partial charge in [0.15, 0.2) is 0 Å². The predicted octanol–water partition coefficient (Wildman–Crippen LogP) is 3.97. The predicted molar refractivity (Wildman–Crippen MR) is 137 cm³/mol. The molecular weight excluding hydrogens is 466 g/mol. The SMILES string of the molecule is CCc1ccc(-c2noc(CCC(=O)Nc3cc(S(=O)(=O)N(CC)CC)ccc3N(C)C)n2)cc1. The summed E-state index contributed by atoms with van der Waals surface area (Å²) in [5.41, 5.74) is 3.20. The van der Waals surface area contributed by atoms with Gasteiger partial charge < -0.3 is 14.7 Å². The maximum Gasteiger partial charge on any atom is 0.243 e. The molecule has 0 fully saturated rings. The monoisotopic (exact) mass is 499 g/mol. The molecule has 1 amide bonds. The van der Waals surface area contributed by atoms with E-state index in [-0.39, 0.29) is 23.6 Å². The Kier molecular flexibility index (Phi) is 8.63. The Balaban J connectivity index is 1.72. The van der Waals surface area contributed by atoms with E-state index in [4.69, 9.17) is 4.52 Å². The lowest BCUT2D eigenvalue weighted by molar-refractivity contribution is -0.116. The first kappa shape index (κ1) is 26.4. The van der Waals surface area contributed by atoms with Gasteiger partial charge in [-0.2, -0.15) is 9.29 Å². The summed E-state index contributed by atoms with van der Waals surface area (Å²) < 4.78 is 32.6. The molecule has 0 aliphatic heterocycles. The lowest BCUT2D eigenvalue weighted by atomic mass is 10.1. The number of amides is 1.